The van der Waals surface area contributed by atoms with Crippen LogP contribution in [0.4, 0.5) is 22.0 Å². The van der Waals surface area contributed by atoms with Crippen molar-refractivity contribution in [3.05, 3.63) is 262 Å². The van der Waals surface area contributed by atoms with E-state index < -0.39 is 58.7 Å². The molecule has 0 amide bonds. The van der Waals surface area contributed by atoms with Crippen LogP contribution in [0.15, 0.2) is 179 Å². The molecule has 0 unspecified atom stereocenters. The summed E-state index contributed by atoms with van der Waals surface area (Å²) in [5, 5.41) is 0.119. The maximum Gasteiger partial charge on any atom is 0.345 e. The number of hydrogen-bond donors (Lipinski definition) is 0. The fourth-order valence-electron chi connectivity index (χ4n) is 9.96. The Morgan fingerprint density at radius 2 is 0.747 bits per heavy atom. The molecule has 482 valence electrons. The number of hydrogen-bond acceptors (Lipinski definition) is 16. The number of carbonyl (C=O) groups is 4. The minimum atomic E-state index is -1.00. The fraction of sp³-hybridized carbons (Fsp3) is 0.118. The second-order valence-corrected chi connectivity index (χ2v) is 21.7. The van der Waals surface area contributed by atoms with Crippen LogP contribution in [0.3, 0.4) is 0 Å². The van der Waals surface area contributed by atoms with Crippen molar-refractivity contribution in [3.8, 4) is 46.0 Å². The summed E-state index contributed by atoms with van der Waals surface area (Å²) in [5.74, 6) is -6.16. The number of esters is 4. The first-order chi connectivity index (χ1) is 45.6. The predicted molar refractivity (Wildman–Crippen MR) is 348 cm³/mol. The van der Waals surface area contributed by atoms with Crippen molar-refractivity contribution in [1.29, 1.82) is 0 Å². The van der Waals surface area contributed by atoms with Crippen LogP contribution in [0.1, 0.15) is 63.7 Å². The van der Waals surface area contributed by atoms with E-state index in [1.54, 1.807) is 42.5 Å². The Bertz CT molecular complexity index is 4170. The van der Waals surface area contributed by atoms with Crippen molar-refractivity contribution in [3.63, 3.8) is 0 Å². The standard InChI is InChI=1S/2C17H13BClFO4.C17H13BF2O4.C17H14BFO4/c1-3-22-17(21)12-7-15(20)16(8-14(12)19)24-11-4-5-13-10(6-11)9-23-18(13)2;1-3-22-17(21)12-7-14(19)16(8-15(12)20)24-11-4-5-13-10(6-11)9-23-18(13)2;1-3-22-17(21)10-7-14(19)16(15(20)8-10)24-12-4-5-13-11(6-12)9-23-18(13)2;1-3-21-17(20)11-4-7-16(15(19)9-11)23-13-5-6-14-12(8-13)10-22-18(14)2/h3*3-8H,1,9H2,2H3;3-9H,1,10H2,2H3. The van der Waals surface area contributed by atoms with Gasteiger partial charge in [-0.2, -0.15) is 0 Å². The molecule has 0 saturated heterocycles. The lowest BCUT2D eigenvalue weighted by Crippen LogP contribution is -2.23. The topological polar surface area (TPSA) is 179 Å². The number of carbonyl (C=O) groups excluding carboxylic acids is 4. The van der Waals surface area contributed by atoms with E-state index in [0.29, 0.717) is 43.7 Å². The van der Waals surface area contributed by atoms with Crippen LogP contribution in [-0.4, -0.2) is 51.5 Å². The normalized spacial score (nSPS) is 12.7. The Morgan fingerprint density at radius 3 is 1.18 bits per heavy atom. The van der Waals surface area contributed by atoms with Gasteiger partial charge in [0.1, 0.15) is 34.6 Å². The van der Waals surface area contributed by atoms with Crippen LogP contribution in [0.2, 0.25) is 37.3 Å². The van der Waals surface area contributed by atoms with Gasteiger partial charge in [0.25, 0.3) is 0 Å². The van der Waals surface area contributed by atoms with E-state index in [1.807, 2.05) is 57.6 Å². The monoisotopic (exact) mass is 1330 g/mol. The molecule has 0 atom stereocenters. The van der Waals surface area contributed by atoms with Gasteiger partial charge in [0, 0.05) is 12.1 Å². The molecule has 0 bridgehead atoms. The van der Waals surface area contributed by atoms with E-state index in [2.05, 4.69) is 45.3 Å². The zero-order valence-corrected chi connectivity index (χ0v) is 52.6. The van der Waals surface area contributed by atoms with Crippen molar-refractivity contribution in [2.45, 2.75) is 53.7 Å². The smallest absolute Gasteiger partial charge is 0.345 e. The maximum absolute atomic E-state index is 14.2. The summed E-state index contributed by atoms with van der Waals surface area (Å²) in [6, 6.07) is 31.5. The first-order valence-corrected chi connectivity index (χ1v) is 29.6. The lowest BCUT2D eigenvalue weighted by molar-refractivity contribution is 0.0650. The number of rotatable bonds is 16. The summed E-state index contributed by atoms with van der Waals surface area (Å²) in [6.45, 7) is 22.9. The zero-order chi connectivity index (χ0) is 68.2. The van der Waals surface area contributed by atoms with Gasteiger partial charge in [-0.3, -0.25) is 0 Å². The Balaban J connectivity index is 0.000000149. The van der Waals surface area contributed by atoms with E-state index in [0.717, 1.165) is 106 Å². The molecule has 0 aromatic heterocycles. The molecule has 0 spiro atoms. The lowest BCUT2D eigenvalue weighted by atomic mass is 9.64. The highest BCUT2D eigenvalue weighted by atomic mass is 35.5. The quantitative estimate of drug-likeness (QED) is 0.0293. The van der Waals surface area contributed by atoms with E-state index in [-0.39, 0.29) is 83.0 Å². The Morgan fingerprint density at radius 1 is 0.379 bits per heavy atom. The largest absolute Gasteiger partial charge is 0.456 e. The number of fused-ring (bicyclic) bond motifs is 4. The van der Waals surface area contributed by atoms with E-state index >= 15 is 0 Å². The van der Waals surface area contributed by atoms with Crippen molar-refractivity contribution >= 4 is 96.6 Å². The van der Waals surface area contributed by atoms with Crippen molar-refractivity contribution in [1.82, 2.24) is 0 Å². The minimum absolute atomic E-state index is 0.0160. The van der Waals surface area contributed by atoms with Gasteiger partial charge >= 0.3 is 51.5 Å². The van der Waals surface area contributed by atoms with E-state index in [9.17, 15) is 41.1 Å². The van der Waals surface area contributed by atoms with Gasteiger partial charge in [0.15, 0.2) is 40.5 Å². The number of halogens is 7. The average Bonchev–Trinajstić information content (AvgIpc) is 1.79. The van der Waals surface area contributed by atoms with Gasteiger partial charge in [-0.05, 0) is 135 Å². The van der Waals surface area contributed by atoms with E-state index in [1.165, 1.54) is 18.2 Å². The number of benzene rings is 8. The molecule has 0 aliphatic carbocycles. The van der Waals surface area contributed by atoms with Gasteiger partial charge in [-0.25, -0.2) is 41.1 Å². The fourth-order valence-corrected chi connectivity index (χ4v) is 10.4. The summed E-state index contributed by atoms with van der Waals surface area (Å²) < 4.78 is 133. The summed E-state index contributed by atoms with van der Waals surface area (Å²) in [6.07, 6.45) is 3.76. The van der Waals surface area contributed by atoms with Gasteiger partial charge in [-0.1, -0.05) is 101 Å². The summed E-state index contributed by atoms with van der Waals surface area (Å²) in [7, 11) is 0. The molecule has 8 aromatic carbocycles. The lowest BCUT2D eigenvalue weighted by Gasteiger charge is -2.11. The first kappa shape index (κ1) is 69.5. The van der Waals surface area contributed by atoms with Gasteiger partial charge in [-0.15, -0.1) is 0 Å². The van der Waals surface area contributed by atoms with Crippen molar-refractivity contribution in [2.24, 2.45) is 0 Å². The molecule has 0 N–H and O–H groups in total. The third kappa shape index (κ3) is 16.9. The van der Waals surface area contributed by atoms with Crippen LogP contribution < -0.4 is 40.8 Å². The SMILES string of the molecule is C=COC(=O)c1cc(Cl)c(Oc2ccc3c(c2)COB3C)cc1F.C=COC(=O)c1cc(F)c(Oc2ccc3c(c2)COB3C)c(F)c1.C=COC(=O)c1cc(F)c(Oc2ccc3c(c2)COB3C)cc1Cl.C=COC(=O)c1ccc(Oc2ccc3c(c2)COB3C)c(F)c1. The molecular formula is C68H53B4Cl2F5O16. The van der Waals surface area contributed by atoms with Gasteiger partial charge in [0.05, 0.1) is 83.8 Å². The molecular weight excluding hydrogens is 1280 g/mol. The van der Waals surface area contributed by atoms with Gasteiger partial charge in [0.2, 0.25) is 0 Å². The summed E-state index contributed by atoms with van der Waals surface area (Å²) in [4.78, 5) is 46.3. The summed E-state index contributed by atoms with van der Waals surface area (Å²) in [5.41, 5.74) is 7.70. The third-order valence-corrected chi connectivity index (χ3v) is 15.3. The maximum atomic E-state index is 14.2. The van der Waals surface area contributed by atoms with Crippen LogP contribution >= 0.6 is 23.2 Å². The molecule has 0 fully saturated rings. The predicted octanol–water partition coefficient (Wildman–Crippen LogP) is 14.6. The average molecular weight is 1340 g/mol. The Hall–Kier alpha value is -9.87. The first-order valence-electron chi connectivity index (χ1n) is 28.8. The molecule has 4 heterocycles. The molecule has 27 heteroatoms. The molecule has 95 heavy (non-hydrogen) atoms. The van der Waals surface area contributed by atoms with Crippen LogP contribution in [0, 0.1) is 29.1 Å². The summed E-state index contributed by atoms with van der Waals surface area (Å²) >= 11 is 12.1. The second-order valence-electron chi connectivity index (χ2n) is 20.9. The zero-order valence-electron chi connectivity index (χ0n) is 51.1. The second kappa shape index (κ2) is 31.4. The van der Waals surface area contributed by atoms with Crippen molar-refractivity contribution < 1.29 is 97.6 Å². The molecule has 0 saturated carbocycles. The number of ether oxygens (including phenoxy) is 8. The third-order valence-electron chi connectivity index (χ3n) is 14.7. The molecule has 4 aliphatic rings. The van der Waals surface area contributed by atoms with Crippen LogP contribution in [0.5, 0.6) is 46.0 Å². The molecule has 8 aromatic rings. The van der Waals surface area contributed by atoms with Gasteiger partial charge < -0.3 is 56.5 Å². The Kier molecular flexibility index (Phi) is 22.9. The highest BCUT2D eigenvalue weighted by Crippen LogP contribution is 2.36. The minimum Gasteiger partial charge on any atom is -0.456 e. The molecule has 16 nitrogen and oxygen atoms in total. The molecule has 0 radical (unpaired) electrons. The molecule has 12 rings (SSSR count). The van der Waals surface area contributed by atoms with E-state index in [4.69, 9.17) is 60.8 Å². The van der Waals surface area contributed by atoms with Crippen LogP contribution in [-0.2, 0) is 64.0 Å². The Labute approximate surface area is 553 Å². The van der Waals surface area contributed by atoms with Crippen LogP contribution in [0.25, 0.3) is 0 Å². The highest BCUT2D eigenvalue weighted by Gasteiger charge is 2.29. The highest BCUT2D eigenvalue weighted by molar-refractivity contribution is 6.68. The molecule has 4 aliphatic heterocycles. The van der Waals surface area contributed by atoms with Crippen molar-refractivity contribution in [2.75, 3.05) is 0 Å².